The van der Waals surface area contributed by atoms with E-state index in [9.17, 15) is 51.1 Å². The van der Waals surface area contributed by atoms with E-state index in [1.165, 1.54) is 32.1 Å². The van der Waals surface area contributed by atoms with E-state index in [1.54, 1.807) is 0 Å². The zero-order chi connectivity index (χ0) is 33.1. The van der Waals surface area contributed by atoms with Crippen molar-refractivity contribution in [2.45, 2.75) is 157 Å². The Bertz CT molecular complexity index is 808. The third kappa shape index (κ3) is 10.2. The van der Waals surface area contributed by atoms with Crippen LogP contribution in [-0.4, -0.2) is 170 Å². The van der Waals surface area contributed by atoms with E-state index in [2.05, 4.69) is 6.92 Å². The Morgan fingerprint density at radius 2 is 0.844 bits per heavy atom. The Morgan fingerprint density at radius 1 is 0.444 bits per heavy atom. The molecule has 3 rings (SSSR count). The van der Waals surface area contributed by atoms with Crippen LogP contribution in [0.2, 0.25) is 0 Å². The summed E-state index contributed by atoms with van der Waals surface area (Å²) in [7, 11) is 0. The summed E-state index contributed by atoms with van der Waals surface area (Å²) in [5.74, 6) is 0. The van der Waals surface area contributed by atoms with Crippen LogP contribution in [0.15, 0.2) is 0 Å². The zero-order valence-corrected chi connectivity index (χ0v) is 25.8. The van der Waals surface area contributed by atoms with Crippen LogP contribution in [0.5, 0.6) is 0 Å². The number of unbranched alkanes of at least 4 members (excludes halogenated alkanes) is 8. The first-order valence-electron chi connectivity index (χ1n) is 16.1. The molecule has 10 N–H and O–H groups in total. The van der Waals surface area contributed by atoms with Crippen molar-refractivity contribution in [2.75, 3.05) is 26.4 Å². The second kappa shape index (κ2) is 19.4. The number of aliphatic hydroxyl groups is 10. The van der Waals surface area contributed by atoms with Gasteiger partial charge in [-0.05, 0) is 6.42 Å². The van der Waals surface area contributed by atoms with Gasteiger partial charge in [0.25, 0.3) is 0 Å². The summed E-state index contributed by atoms with van der Waals surface area (Å²) in [5.41, 5.74) is 0. The van der Waals surface area contributed by atoms with Crippen molar-refractivity contribution in [3.63, 3.8) is 0 Å². The molecule has 15 atom stereocenters. The van der Waals surface area contributed by atoms with Gasteiger partial charge in [0.05, 0.1) is 19.8 Å². The first-order chi connectivity index (χ1) is 21.6. The normalized spacial score (nSPS) is 42.6. The summed E-state index contributed by atoms with van der Waals surface area (Å²) >= 11 is 0. The minimum atomic E-state index is -1.88. The highest BCUT2D eigenvalue weighted by molar-refractivity contribution is 4.96. The molecule has 266 valence electrons. The van der Waals surface area contributed by atoms with Gasteiger partial charge < -0.3 is 79.5 Å². The quantitative estimate of drug-likeness (QED) is 0.0658. The lowest BCUT2D eigenvalue weighted by molar-refractivity contribution is -0.381. The van der Waals surface area contributed by atoms with Crippen LogP contribution in [0, 0.1) is 0 Å². The van der Waals surface area contributed by atoms with E-state index >= 15 is 0 Å². The molecule has 0 amide bonds. The molecule has 16 nitrogen and oxygen atoms in total. The monoisotopic (exact) mass is 658 g/mol. The van der Waals surface area contributed by atoms with Crippen LogP contribution in [0.25, 0.3) is 0 Å². The van der Waals surface area contributed by atoms with Gasteiger partial charge in [0, 0.05) is 6.61 Å². The van der Waals surface area contributed by atoms with Crippen LogP contribution < -0.4 is 0 Å². The van der Waals surface area contributed by atoms with Gasteiger partial charge in [0.2, 0.25) is 0 Å². The standard InChI is InChI=1S/C29H54O16/c1-2-3-4-5-6-7-8-9-10-11-40-27-23(38)25(19(34)16(13-31)41-27)45-29-24(39)26(20(35)17(14-32)43-29)44-28-22(37)21(36)18(33)15(12-30)42-28/h15-39H,2-14H2,1H3/t15-,16-,17-,18-,19-,20-,21+,22-,23-,24-,25+,26+,27-,28+,29+/m1/s1. The molecule has 0 saturated carbocycles. The van der Waals surface area contributed by atoms with Crippen LogP contribution in [0.1, 0.15) is 64.7 Å². The number of hydrogen-bond acceptors (Lipinski definition) is 16. The molecule has 45 heavy (non-hydrogen) atoms. The SMILES string of the molecule is CCCCCCCCCCCO[C@@H]1O[C@H](CO)[C@@H](O)[C@H](O[C@@H]2O[C@H](CO)[C@@H](O)[C@H](O[C@@H]3O[C@H](CO)[C@@H](O)[C@H](O)[C@H]3O)[C@H]2O)[C@H]1O. The van der Waals surface area contributed by atoms with Gasteiger partial charge in [-0.25, -0.2) is 0 Å². The van der Waals surface area contributed by atoms with Gasteiger partial charge in [-0.15, -0.1) is 0 Å². The fraction of sp³-hybridized carbons (Fsp3) is 1.00. The largest absolute Gasteiger partial charge is 0.394 e. The summed E-state index contributed by atoms with van der Waals surface area (Å²) in [6.45, 7) is 0.222. The lowest BCUT2D eigenvalue weighted by atomic mass is 9.96. The Labute approximate surface area is 263 Å². The molecule has 0 aliphatic carbocycles. The molecule has 0 radical (unpaired) electrons. The van der Waals surface area contributed by atoms with Crippen molar-refractivity contribution in [2.24, 2.45) is 0 Å². The number of aliphatic hydroxyl groups excluding tert-OH is 10. The predicted octanol–water partition coefficient (Wildman–Crippen LogP) is -3.02. The average Bonchev–Trinajstić information content (AvgIpc) is 3.03. The van der Waals surface area contributed by atoms with Crippen molar-refractivity contribution >= 4 is 0 Å². The Morgan fingerprint density at radius 3 is 1.33 bits per heavy atom. The molecular weight excluding hydrogens is 604 g/mol. The van der Waals surface area contributed by atoms with Gasteiger partial charge >= 0.3 is 0 Å². The van der Waals surface area contributed by atoms with E-state index in [0.717, 1.165) is 19.3 Å². The topological polar surface area (TPSA) is 258 Å². The maximum absolute atomic E-state index is 11.1. The van der Waals surface area contributed by atoms with E-state index < -0.39 is 112 Å². The summed E-state index contributed by atoms with van der Waals surface area (Å²) < 4.78 is 33.4. The highest BCUT2D eigenvalue weighted by atomic mass is 16.8. The van der Waals surface area contributed by atoms with Gasteiger partial charge in [-0.1, -0.05) is 58.3 Å². The van der Waals surface area contributed by atoms with Crippen molar-refractivity contribution in [3.05, 3.63) is 0 Å². The smallest absolute Gasteiger partial charge is 0.187 e. The van der Waals surface area contributed by atoms with Crippen LogP contribution in [0.3, 0.4) is 0 Å². The molecule has 3 heterocycles. The summed E-state index contributed by atoms with van der Waals surface area (Å²) in [6.07, 6.45) is -14.3. The molecule has 0 aromatic rings. The highest BCUT2D eigenvalue weighted by Gasteiger charge is 2.53. The Hall–Kier alpha value is -0.640. The molecule has 3 fully saturated rings. The highest BCUT2D eigenvalue weighted by Crippen LogP contribution is 2.32. The zero-order valence-electron chi connectivity index (χ0n) is 25.8. The van der Waals surface area contributed by atoms with Gasteiger partial charge in [-0.2, -0.15) is 0 Å². The van der Waals surface area contributed by atoms with Crippen LogP contribution in [0.4, 0.5) is 0 Å². The van der Waals surface area contributed by atoms with E-state index in [4.69, 9.17) is 28.4 Å². The summed E-state index contributed by atoms with van der Waals surface area (Å²) in [4.78, 5) is 0. The molecule has 3 aliphatic heterocycles. The molecule has 0 aromatic carbocycles. The van der Waals surface area contributed by atoms with E-state index in [1.807, 2.05) is 0 Å². The van der Waals surface area contributed by atoms with Crippen molar-refractivity contribution in [1.29, 1.82) is 0 Å². The van der Waals surface area contributed by atoms with E-state index in [0.29, 0.717) is 6.42 Å². The maximum Gasteiger partial charge on any atom is 0.187 e. The third-order valence-electron chi connectivity index (χ3n) is 8.60. The molecule has 0 spiro atoms. The first kappa shape index (κ1) is 38.8. The van der Waals surface area contributed by atoms with Crippen molar-refractivity contribution in [3.8, 4) is 0 Å². The van der Waals surface area contributed by atoms with Crippen LogP contribution in [-0.2, 0) is 28.4 Å². The molecule has 0 unspecified atom stereocenters. The minimum absolute atomic E-state index is 0.231. The second-order valence-electron chi connectivity index (χ2n) is 12.0. The molecule has 3 aliphatic rings. The van der Waals surface area contributed by atoms with Crippen LogP contribution >= 0.6 is 0 Å². The fourth-order valence-corrected chi connectivity index (χ4v) is 5.78. The van der Waals surface area contributed by atoms with Gasteiger partial charge in [0.1, 0.15) is 73.2 Å². The fourth-order valence-electron chi connectivity index (χ4n) is 5.78. The summed E-state index contributed by atoms with van der Waals surface area (Å²) in [5, 5.41) is 103. The Kier molecular flexibility index (Phi) is 16.7. The van der Waals surface area contributed by atoms with Crippen molar-refractivity contribution in [1.82, 2.24) is 0 Å². The maximum atomic E-state index is 11.1. The lowest BCUT2D eigenvalue weighted by Crippen LogP contribution is -2.67. The average molecular weight is 659 g/mol. The van der Waals surface area contributed by atoms with Crippen molar-refractivity contribution < 1.29 is 79.5 Å². The van der Waals surface area contributed by atoms with Gasteiger partial charge in [0.15, 0.2) is 18.9 Å². The molecule has 3 saturated heterocycles. The molecule has 16 heteroatoms. The number of rotatable bonds is 18. The molecule has 0 aromatic heterocycles. The van der Waals surface area contributed by atoms with Gasteiger partial charge in [-0.3, -0.25) is 0 Å². The number of hydrogen-bond donors (Lipinski definition) is 10. The minimum Gasteiger partial charge on any atom is -0.394 e. The Balaban J connectivity index is 1.61. The van der Waals surface area contributed by atoms with E-state index in [-0.39, 0.29) is 6.61 Å². The molecular formula is C29H54O16. The lowest BCUT2D eigenvalue weighted by Gasteiger charge is -2.48. The summed E-state index contributed by atoms with van der Waals surface area (Å²) in [6, 6.07) is 0. The first-order valence-corrected chi connectivity index (χ1v) is 16.1. The predicted molar refractivity (Wildman–Crippen MR) is 152 cm³/mol. The second-order valence-corrected chi connectivity index (χ2v) is 12.0. The molecule has 0 bridgehead atoms. The number of ether oxygens (including phenoxy) is 6. The third-order valence-corrected chi connectivity index (χ3v) is 8.60.